The number of nitro benzene ring substituents is 1. The minimum absolute atomic E-state index is 0.256. The number of nitrogens with one attached hydrogen (secondary N) is 1. The van der Waals surface area contributed by atoms with E-state index >= 15 is 0 Å². The van der Waals surface area contributed by atoms with Gasteiger partial charge in [0.2, 0.25) is 0 Å². The van der Waals surface area contributed by atoms with Gasteiger partial charge in [0.05, 0.1) is 4.92 Å². The number of fused-ring (bicyclic) bond motifs is 1. The van der Waals surface area contributed by atoms with Gasteiger partial charge in [-0.15, -0.1) is 0 Å². The van der Waals surface area contributed by atoms with Gasteiger partial charge in [0, 0.05) is 6.07 Å². The third-order valence-electron chi connectivity index (χ3n) is 1.86. The van der Waals surface area contributed by atoms with Crippen LogP contribution in [-0.4, -0.2) is 31.4 Å². The van der Waals surface area contributed by atoms with Crippen molar-refractivity contribution in [2.24, 2.45) is 0 Å². The fourth-order valence-electron chi connectivity index (χ4n) is 1.20. The first kappa shape index (κ1) is 9.06. The van der Waals surface area contributed by atoms with Crippen LogP contribution < -0.4 is 0 Å². The number of H-pyrrole nitrogens is 1. The fraction of sp³-hybridized carbons (Fsp3) is 0. The molecule has 0 aliphatic carbocycles. The van der Waals surface area contributed by atoms with Crippen molar-refractivity contribution >= 4 is 22.7 Å². The third-order valence-corrected chi connectivity index (χ3v) is 1.86. The van der Waals surface area contributed by atoms with Crippen molar-refractivity contribution in [2.45, 2.75) is 0 Å². The van der Waals surface area contributed by atoms with Crippen LogP contribution in [0.1, 0.15) is 10.4 Å². The Kier molecular flexibility index (Phi) is 1.82. The molecule has 0 spiro atoms. The number of nitro groups is 1. The molecule has 0 fully saturated rings. The van der Waals surface area contributed by atoms with E-state index < -0.39 is 22.1 Å². The maximum absolute atomic E-state index is 10.7. The highest BCUT2D eigenvalue weighted by Gasteiger charge is 2.21. The van der Waals surface area contributed by atoms with Crippen LogP contribution in [0.3, 0.4) is 0 Å². The van der Waals surface area contributed by atoms with Crippen molar-refractivity contribution < 1.29 is 14.8 Å². The predicted octanol–water partition coefficient (Wildman–Crippen LogP) is 0.564. The standard InChI is InChI=1S/C7H4N4O4/c12-7(13)3-1-4-5(9-10-8-4)2-6(3)11(14)15/h1-2H,(H,12,13)(H,8,9,10). The average molecular weight is 208 g/mol. The van der Waals surface area contributed by atoms with E-state index in [4.69, 9.17) is 5.11 Å². The summed E-state index contributed by atoms with van der Waals surface area (Å²) < 4.78 is 0. The van der Waals surface area contributed by atoms with E-state index in [9.17, 15) is 14.9 Å². The van der Waals surface area contributed by atoms with Gasteiger partial charge in [-0.1, -0.05) is 0 Å². The fourth-order valence-corrected chi connectivity index (χ4v) is 1.20. The summed E-state index contributed by atoms with van der Waals surface area (Å²) >= 11 is 0. The van der Waals surface area contributed by atoms with Crippen LogP contribution >= 0.6 is 0 Å². The summed E-state index contributed by atoms with van der Waals surface area (Å²) in [5, 5.41) is 28.8. The zero-order valence-corrected chi connectivity index (χ0v) is 7.17. The zero-order chi connectivity index (χ0) is 11.0. The number of aromatic nitrogens is 3. The van der Waals surface area contributed by atoms with E-state index in [-0.39, 0.29) is 11.0 Å². The number of aromatic amines is 1. The molecule has 76 valence electrons. The van der Waals surface area contributed by atoms with Gasteiger partial charge >= 0.3 is 5.97 Å². The lowest BCUT2D eigenvalue weighted by molar-refractivity contribution is -0.385. The van der Waals surface area contributed by atoms with Crippen molar-refractivity contribution in [3.63, 3.8) is 0 Å². The Hall–Kier alpha value is -2.51. The normalized spacial score (nSPS) is 10.4. The molecule has 2 rings (SSSR count). The van der Waals surface area contributed by atoms with Crippen LogP contribution in [0.5, 0.6) is 0 Å². The zero-order valence-electron chi connectivity index (χ0n) is 7.17. The molecule has 0 bridgehead atoms. The summed E-state index contributed by atoms with van der Waals surface area (Å²) in [5.41, 5.74) is -0.366. The molecule has 0 atom stereocenters. The van der Waals surface area contributed by atoms with Crippen molar-refractivity contribution in [3.05, 3.63) is 27.8 Å². The molecule has 2 aromatic rings. The van der Waals surface area contributed by atoms with Gasteiger partial charge in [-0.2, -0.15) is 15.4 Å². The Bertz CT molecular complexity index is 513. The maximum atomic E-state index is 10.7. The first-order valence-electron chi connectivity index (χ1n) is 3.82. The molecule has 0 amide bonds. The highest BCUT2D eigenvalue weighted by Crippen LogP contribution is 2.23. The predicted molar refractivity (Wildman–Crippen MR) is 47.5 cm³/mol. The second kappa shape index (κ2) is 3.01. The van der Waals surface area contributed by atoms with Gasteiger partial charge in [0.1, 0.15) is 16.6 Å². The molecule has 1 heterocycles. The molecule has 0 unspecified atom stereocenters. The molecule has 2 N–H and O–H groups in total. The Morgan fingerprint density at radius 3 is 2.53 bits per heavy atom. The number of benzene rings is 1. The molecular formula is C7H4N4O4. The Balaban J connectivity index is 2.79. The number of carbonyl (C=O) groups is 1. The summed E-state index contributed by atoms with van der Waals surface area (Å²) in [7, 11) is 0. The van der Waals surface area contributed by atoms with Gasteiger partial charge in [-0.05, 0) is 6.07 Å². The highest BCUT2D eigenvalue weighted by atomic mass is 16.6. The molecule has 8 heteroatoms. The number of carboxylic acids is 1. The lowest BCUT2D eigenvalue weighted by Gasteiger charge is -1.96. The second-order valence-corrected chi connectivity index (χ2v) is 2.74. The summed E-state index contributed by atoms with van der Waals surface area (Å²) in [6, 6.07) is 2.18. The van der Waals surface area contributed by atoms with Crippen LogP contribution in [-0.2, 0) is 0 Å². The van der Waals surface area contributed by atoms with E-state index in [0.717, 1.165) is 12.1 Å². The summed E-state index contributed by atoms with van der Waals surface area (Å²) in [6.45, 7) is 0. The molecule has 0 aliphatic heterocycles. The number of nitrogens with zero attached hydrogens (tertiary/aromatic N) is 3. The van der Waals surface area contributed by atoms with Gasteiger partial charge < -0.3 is 5.11 Å². The summed E-state index contributed by atoms with van der Waals surface area (Å²) in [4.78, 5) is 20.5. The van der Waals surface area contributed by atoms with E-state index in [2.05, 4.69) is 15.4 Å². The first-order valence-corrected chi connectivity index (χ1v) is 3.82. The molecule has 1 aromatic heterocycles. The summed E-state index contributed by atoms with van der Waals surface area (Å²) in [6.07, 6.45) is 0. The van der Waals surface area contributed by atoms with Crippen LogP contribution in [0.2, 0.25) is 0 Å². The monoisotopic (exact) mass is 208 g/mol. The smallest absolute Gasteiger partial charge is 0.342 e. The molecule has 0 saturated heterocycles. The first-order chi connectivity index (χ1) is 7.09. The minimum atomic E-state index is -1.37. The number of hydrogen-bond donors (Lipinski definition) is 2. The number of rotatable bonds is 2. The molecule has 8 nitrogen and oxygen atoms in total. The van der Waals surface area contributed by atoms with E-state index in [1.54, 1.807) is 0 Å². The number of hydrogen-bond acceptors (Lipinski definition) is 5. The quantitative estimate of drug-likeness (QED) is 0.549. The van der Waals surface area contributed by atoms with Gasteiger partial charge in [0.25, 0.3) is 5.69 Å². The van der Waals surface area contributed by atoms with E-state index in [0.29, 0.717) is 0 Å². The minimum Gasteiger partial charge on any atom is -0.477 e. The molecule has 0 aliphatic rings. The molecule has 15 heavy (non-hydrogen) atoms. The Morgan fingerprint density at radius 1 is 1.40 bits per heavy atom. The van der Waals surface area contributed by atoms with Gasteiger partial charge in [-0.25, -0.2) is 4.79 Å². The van der Waals surface area contributed by atoms with Crippen molar-refractivity contribution in [1.29, 1.82) is 0 Å². The maximum Gasteiger partial charge on any atom is 0.342 e. The highest BCUT2D eigenvalue weighted by molar-refractivity contribution is 5.97. The van der Waals surface area contributed by atoms with E-state index in [1.165, 1.54) is 0 Å². The van der Waals surface area contributed by atoms with Crippen LogP contribution in [0.15, 0.2) is 12.1 Å². The Morgan fingerprint density at radius 2 is 2.00 bits per heavy atom. The SMILES string of the molecule is O=C(O)c1cc2n[nH]nc2cc1[N+](=O)[O-]. The Labute approximate surface area is 81.7 Å². The third kappa shape index (κ3) is 1.37. The van der Waals surface area contributed by atoms with Crippen LogP contribution in [0.25, 0.3) is 11.0 Å². The molecule has 0 radical (unpaired) electrons. The summed E-state index contributed by atoms with van der Waals surface area (Å²) in [5.74, 6) is -1.37. The molecular weight excluding hydrogens is 204 g/mol. The average Bonchev–Trinajstić information content (AvgIpc) is 2.61. The van der Waals surface area contributed by atoms with Gasteiger partial charge in [0.15, 0.2) is 0 Å². The largest absolute Gasteiger partial charge is 0.477 e. The molecule has 1 aromatic carbocycles. The van der Waals surface area contributed by atoms with Crippen LogP contribution in [0.4, 0.5) is 5.69 Å². The lowest BCUT2D eigenvalue weighted by Crippen LogP contribution is -2.02. The lowest BCUT2D eigenvalue weighted by atomic mass is 10.1. The van der Waals surface area contributed by atoms with Crippen molar-refractivity contribution in [2.75, 3.05) is 0 Å². The van der Waals surface area contributed by atoms with Crippen molar-refractivity contribution in [1.82, 2.24) is 15.4 Å². The van der Waals surface area contributed by atoms with Crippen molar-refractivity contribution in [3.8, 4) is 0 Å². The van der Waals surface area contributed by atoms with Gasteiger partial charge in [-0.3, -0.25) is 10.1 Å². The number of aromatic carboxylic acids is 1. The molecule has 0 saturated carbocycles. The number of carboxylic acid groups (broad SMARTS) is 1. The van der Waals surface area contributed by atoms with Crippen LogP contribution in [0, 0.1) is 10.1 Å². The second-order valence-electron chi connectivity index (χ2n) is 2.74. The van der Waals surface area contributed by atoms with E-state index in [1.807, 2.05) is 0 Å². The topological polar surface area (TPSA) is 122 Å².